The Hall–Kier alpha value is -2.11. The maximum Gasteiger partial charge on any atom is 0.307 e. The van der Waals surface area contributed by atoms with Crippen molar-refractivity contribution in [3.05, 3.63) is 29.6 Å². The molecule has 1 amide bonds. The van der Waals surface area contributed by atoms with E-state index in [4.69, 9.17) is 4.74 Å². The number of phenols is 1. The maximum absolute atomic E-state index is 12.8. The molecule has 1 aromatic carbocycles. The topological polar surface area (TPSA) is 66.8 Å². The average molecular weight is 269 g/mol. The number of esters is 1. The van der Waals surface area contributed by atoms with E-state index in [1.807, 2.05) is 0 Å². The number of hydrogen-bond acceptors (Lipinski definition) is 4. The first-order chi connectivity index (χ1) is 8.95. The fourth-order valence-electron chi connectivity index (χ4n) is 1.48. The first-order valence-electron chi connectivity index (χ1n) is 5.85. The van der Waals surface area contributed by atoms with E-state index in [1.165, 1.54) is 18.0 Å². The predicted molar refractivity (Wildman–Crippen MR) is 66.3 cm³/mol. The average Bonchev–Trinajstić information content (AvgIpc) is 2.35. The van der Waals surface area contributed by atoms with Gasteiger partial charge in [-0.1, -0.05) is 0 Å². The van der Waals surface area contributed by atoms with Crippen LogP contribution in [0.4, 0.5) is 4.39 Å². The molecule has 104 valence electrons. The quantitative estimate of drug-likeness (QED) is 0.824. The van der Waals surface area contributed by atoms with Crippen molar-refractivity contribution in [3.8, 4) is 5.75 Å². The number of aromatic hydroxyl groups is 1. The lowest BCUT2D eigenvalue weighted by atomic mass is 10.1. The zero-order chi connectivity index (χ0) is 14.4. The molecule has 0 atom stereocenters. The molecule has 1 aromatic rings. The molecule has 0 radical (unpaired) electrons. The Labute approximate surface area is 110 Å². The van der Waals surface area contributed by atoms with Crippen LogP contribution in [0.5, 0.6) is 5.75 Å². The zero-order valence-corrected chi connectivity index (χ0v) is 10.9. The van der Waals surface area contributed by atoms with E-state index in [9.17, 15) is 19.1 Å². The maximum atomic E-state index is 12.8. The van der Waals surface area contributed by atoms with Crippen molar-refractivity contribution >= 4 is 11.9 Å². The normalized spacial score (nSPS) is 10.1. The number of amides is 1. The summed E-state index contributed by atoms with van der Waals surface area (Å²) in [5.41, 5.74) is -0.00670. The summed E-state index contributed by atoms with van der Waals surface area (Å²) >= 11 is 0. The van der Waals surface area contributed by atoms with E-state index >= 15 is 0 Å². The van der Waals surface area contributed by atoms with E-state index in [0.717, 1.165) is 12.1 Å². The van der Waals surface area contributed by atoms with E-state index in [2.05, 4.69) is 0 Å². The molecule has 0 saturated carbocycles. The van der Waals surface area contributed by atoms with Gasteiger partial charge in [-0.05, 0) is 19.1 Å². The molecule has 0 heterocycles. The van der Waals surface area contributed by atoms with Gasteiger partial charge in [0.15, 0.2) is 0 Å². The number of phenolic OH excluding ortho intramolecular Hbond substituents is 1. The highest BCUT2D eigenvalue weighted by Gasteiger charge is 2.17. The summed E-state index contributed by atoms with van der Waals surface area (Å²) in [6, 6.07) is 3.16. The molecule has 0 unspecified atom stereocenters. The molecule has 0 spiro atoms. The van der Waals surface area contributed by atoms with E-state index in [-0.39, 0.29) is 25.1 Å². The van der Waals surface area contributed by atoms with Crippen LogP contribution >= 0.6 is 0 Å². The van der Waals surface area contributed by atoms with Crippen LogP contribution in [0.15, 0.2) is 18.2 Å². The molecular weight excluding hydrogens is 253 g/mol. The molecular formula is C13H16FNO4. The summed E-state index contributed by atoms with van der Waals surface area (Å²) in [5.74, 6) is -1.93. The Kier molecular flexibility index (Phi) is 5.29. The summed E-state index contributed by atoms with van der Waals surface area (Å²) in [7, 11) is 1.49. The smallest absolute Gasteiger partial charge is 0.307 e. The van der Waals surface area contributed by atoms with Crippen LogP contribution in [-0.4, -0.2) is 42.1 Å². The number of carbonyl (C=O) groups is 2. The monoisotopic (exact) mass is 269 g/mol. The van der Waals surface area contributed by atoms with Gasteiger partial charge in [-0.2, -0.15) is 0 Å². The van der Waals surface area contributed by atoms with Crippen molar-refractivity contribution in [2.75, 3.05) is 20.2 Å². The number of ether oxygens (including phenoxy) is 1. The van der Waals surface area contributed by atoms with E-state index in [0.29, 0.717) is 0 Å². The molecule has 0 aliphatic heterocycles. The standard InChI is InChI=1S/C13H16FNO4/c1-3-19-12(17)6-7-15(2)13(18)10-5-4-9(14)8-11(10)16/h4-5,8,16H,3,6-7H2,1-2H3. The number of nitrogens with zero attached hydrogens (tertiary/aromatic N) is 1. The third-order valence-corrected chi connectivity index (χ3v) is 2.49. The number of halogens is 1. The van der Waals surface area contributed by atoms with Gasteiger partial charge in [0.2, 0.25) is 0 Å². The van der Waals surface area contributed by atoms with Crippen molar-refractivity contribution in [1.29, 1.82) is 0 Å². The summed E-state index contributed by atoms with van der Waals surface area (Å²) in [6.07, 6.45) is 0.0675. The number of rotatable bonds is 5. The Balaban J connectivity index is 2.64. The number of benzene rings is 1. The summed E-state index contributed by atoms with van der Waals surface area (Å²) in [6.45, 7) is 2.15. The van der Waals surface area contributed by atoms with Gasteiger partial charge in [0, 0.05) is 19.7 Å². The fourth-order valence-corrected chi connectivity index (χ4v) is 1.48. The molecule has 1 N–H and O–H groups in total. The largest absolute Gasteiger partial charge is 0.507 e. The summed E-state index contributed by atoms with van der Waals surface area (Å²) in [4.78, 5) is 24.4. The molecule has 0 aliphatic carbocycles. The van der Waals surface area contributed by atoms with Crippen LogP contribution in [0.3, 0.4) is 0 Å². The van der Waals surface area contributed by atoms with Crippen LogP contribution in [0.1, 0.15) is 23.7 Å². The summed E-state index contributed by atoms with van der Waals surface area (Å²) in [5, 5.41) is 9.49. The molecule has 5 nitrogen and oxygen atoms in total. The molecule has 0 bridgehead atoms. The van der Waals surface area contributed by atoms with Crippen LogP contribution in [0.2, 0.25) is 0 Å². The van der Waals surface area contributed by atoms with Gasteiger partial charge in [0.05, 0.1) is 18.6 Å². The van der Waals surface area contributed by atoms with Gasteiger partial charge in [-0.25, -0.2) is 4.39 Å². The lowest BCUT2D eigenvalue weighted by Gasteiger charge is -2.17. The minimum Gasteiger partial charge on any atom is -0.507 e. The highest BCUT2D eigenvalue weighted by Crippen LogP contribution is 2.19. The Morgan fingerprint density at radius 2 is 2.11 bits per heavy atom. The van der Waals surface area contributed by atoms with Gasteiger partial charge in [-0.15, -0.1) is 0 Å². The predicted octanol–water partition coefficient (Wildman–Crippen LogP) is 1.56. The van der Waals surface area contributed by atoms with E-state index < -0.39 is 23.4 Å². The molecule has 19 heavy (non-hydrogen) atoms. The van der Waals surface area contributed by atoms with Gasteiger partial charge >= 0.3 is 5.97 Å². The third-order valence-electron chi connectivity index (χ3n) is 2.49. The van der Waals surface area contributed by atoms with Crippen LogP contribution in [0.25, 0.3) is 0 Å². The Morgan fingerprint density at radius 1 is 1.42 bits per heavy atom. The van der Waals surface area contributed by atoms with Crippen molar-refractivity contribution in [2.45, 2.75) is 13.3 Å². The molecule has 1 rings (SSSR count). The van der Waals surface area contributed by atoms with Gasteiger partial charge < -0.3 is 14.7 Å². The third kappa shape index (κ3) is 4.24. The van der Waals surface area contributed by atoms with Crippen LogP contribution in [-0.2, 0) is 9.53 Å². The minimum atomic E-state index is -0.622. The lowest BCUT2D eigenvalue weighted by molar-refractivity contribution is -0.143. The van der Waals surface area contributed by atoms with E-state index in [1.54, 1.807) is 6.92 Å². The highest BCUT2D eigenvalue weighted by atomic mass is 19.1. The Morgan fingerprint density at radius 3 is 2.68 bits per heavy atom. The molecule has 0 aromatic heterocycles. The Bertz CT molecular complexity index is 476. The number of carbonyl (C=O) groups excluding carboxylic acids is 2. The fraction of sp³-hybridized carbons (Fsp3) is 0.385. The second-order valence-corrected chi connectivity index (χ2v) is 3.94. The van der Waals surface area contributed by atoms with Crippen LogP contribution in [0, 0.1) is 5.82 Å². The second-order valence-electron chi connectivity index (χ2n) is 3.94. The SMILES string of the molecule is CCOC(=O)CCN(C)C(=O)c1ccc(F)cc1O. The minimum absolute atomic E-state index is 0.00670. The van der Waals surface area contributed by atoms with Crippen molar-refractivity contribution in [2.24, 2.45) is 0 Å². The molecule has 6 heteroatoms. The first kappa shape index (κ1) is 14.9. The van der Waals surface area contributed by atoms with Gasteiger partial charge in [0.1, 0.15) is 11.6 Å². The molecule has 0 saturated heterocycles. The number of hydrogen-bond donors (Lipinski definition) is 1. The molecule has 0 aliphatic rings. The van der Waals surface area contributed by atoms with Gasteiger partial charge in [0.25, 0.3) is 5.91 Å². The highest BCUT2D eigenvalue weighted by molar-refractivity contribution is 5.96. The zero-order valence-electron chi connectivity index (χ0n) is 10.9. The van der Waals surface area contributed by atoms with Crippen molar-refractivity contribution in [1.82, 2.24) is 4.90 Å². The van der Waals surface area contributed by atoms with Crippen LogP contribution < -0.4 is 0 Å². The van der Waals surface area contributed by atoms with Crippen molar-refractivity contribution < 1.29 is 23.8 Å². The second kappa shape index (κ2) is 6.72. The molecule has 0 fully saturated rings. The lowest BCUT2D eigenvalue weighted by Crippen LogP contribution is -2.29. The van der Waals surface area contributed by atoms with Gasteiger partial charge in [-0.3, -0.25) is 9.59 Å². The first-order valence-corrected chi connectivity index (χ1v) is 5.85. The summed E-state index contributed by atoms with van der Waals surface area (Å²) < 4.78 is 17.5. The van der Waals surface area contributed by atoms with Crippen molar-refractivity contribution in [3.63, 3.8) is 0 Å².